The Morgan fingerprint density at radius 2 is 1.65 bits per heavy atom. The van der Waals surface area contributed by atoms with Gasteiger partial charge in [0.15, 0.2) is 0 Å². The first-order valence-corrected chi connectivity index (χ1v) is 13.8. The van der Waals surface area contributed by atoms with Gasteiger partial charge in [-0.25, -0.2) is 4.79 Å². The summed E-state index contributed by atoms with van der Waals surface area (Å²) in [5.74, 6) is 1.64. The van der Waals surface area contributed by atoms with Gasteiger partial charge in [0.1, 0.15) is 6.04 Å². The fourth-order valence-electron chi connectivity index (χ4n) is 9.47. The second-order valence-electron chi connectivity index (χ2n) is 12.7. The van der Waals surface area contributed by atoms with Crippen LogP contribution < -0.4 is 5.32 Å². The SMILES string of the molecule is C[C@H](CCC(=O)NC(CC(=O)O)C(=O)O)[C@H]1CC[C@H]2[C@@H]3CCC4CCCC[C@]4(C)[C@H]3CC[C@]12C. The average Bonchev–Trinajstić information content (AvgIpc) is 3.13. The molecule has 0 bridgehead atoms. The van der Waals surface area contributed by atoms with E-state index in [4.69, 9.17) is 5.11 Å². The lowest BCUT2D eigenvalue weighted by Gasteiger charge is -2.61. The number of hydrogen-bond donors (Lipinski definition) is 3. The number of carbonyl (C=O) groups is 3. The number of carboxylic acid groups (broad SMARTS) is 2. The Morgan fingerprint density at radius 3 is 2.35 bits per heavy atom. The maximum absolute atomic E-state index is 12.4. The molecule has 4 fully saturated rings. The molecule has 6 nitrogen and oxygen atoms in total. The largest absolute Gasteiger partial charge is 0.481 e. The van der Waals surface area contributed by atoms with Crippen molar-refractivity contribution in [1.29, 1.82) is 0 Å². The van der Waals surface area contributed by atoms with E-state index in [0.29, 0.717) is 22.7 Å². The van der Waals surface area contributed by atoms with Gasteiger partial charge in [-0.3, -0.25) is 9.59 Å². The van der Waals surface area contributed by atoms with E-state index in [2.05, 4.69) is 26.1 Å². The maximum Gasteiger partial charge on any atom is 0.326 e. The minimum Gasteiger partial charge on any atom is -0.481 e. The van der Waals surface area contributed by atoms with Crippen molar-refractivity contribution in [2.75, 3.05) is 0 Å². The summed E-state index contributed by atoms with van der Waals surface area (Å²) in [7, 11) is 0. The molecule has 4 aliphatic carbocycles. The topological polar surface area (TPSA) is 104 Å². The quantitative estimate of drug-likeness (QED) is 0.430. The van der Waals surface area contributed by atoms with Gasteiger partial charge < -0.3 is 15.5 Å². The van der Waals surface area contributed by atoms with Crippen LogP contribution >= 0.6 is 0 Å². The van der Waals surface area contributed by atoms with Gasteiger partial charge in [-0.15, -0.1) is 0 Å². The average molecular weight is 476 g/mol. The normalized spacial score (nSPS) is 40.9. The Balaban J connectivity index is 1.36. The van der Waals surface area contributed by atoms with Crippen molar-refractivity contribution in [1.82, 2.24) is 5.32 Å². The number of carboxylic acids is 2. The van der Waals surface area contributed by atoms with E-state index in [9.17, 15) is 19.5 Å². The molecule has 0 aromatic rings. The van der Waals surface area contributed by atoms with Crippen LogP contribution in [0.15, 0.2) is 0 Å². The van der Waals surface area contributed by atoms with Gasteiger partial charge in [0.25, 0.3) is 0 Å². The molecule has 0 aromatic heterocycles. The summed E-state index contributed by atoms with van der Waals surface area (Å²) in [6.45, 7) is 7.42. The molecular weight excluding hydrogens is 430 g/mol. The molecule has 3 N–H and O–H groups in total. The minimum atomic E-state index is -1.36. The van der Waals surface area contributed by atoms with Crippen molar-refractivity contribution in [3.05, 3.63) is 0 Å². The van der Waals surface area contributed by atoms with E-state index in [0.717, 1.165) is 30.1 Å². The monoisotopic (exact) mass is 475 g/mol. The highest BCUT2D eigenvalue weighted by Gasteiger charge is 2.60. The van der Waals surface area contributed by atoms with Crippen LogP contribution in [-0.2, 0) is 14.4 Å². The molecule has 4 rings (SSSR count). The molecule has 34 heavy (non-hydrogen) atoms. The van der Waals surface area contributed by atoms with Gasteiger partial charge in [0.05, 0.1) is 6.42 Å². The summed E-state index contributed by atoms with van der Waals surface area (Å²) < 4.78 is 0. The fourth-order valence-corrected chi connectivity index (χ4v) is 9.47. The molecule has 6 heteroatoms. The van der Waals surface area contributed by atoms with Gasteiger partial charge in [-0.05, 0) is 104 Å². The third kappa shape index (κ3) is 4.63. The highest BCUT2D eigenvalue weighted by Crippen LogP contribution is 2.68. The third-order valence-corrected chi connectivity index (χ3v) is 11.2. The number of hydrogen-bond acceptors (Lipinski definition) is 3. The predicted octanol–water partition coefficient (Wildman–Crippen LogP) is 5.50. The maximum atomic E-state index is 12.4. The minimum absolute atomic E-state index is 0.258. The van der Waals surface area contributed by atoms with Crippen molar-refractivity contribution in [3.63, 3.8) is 0 Å². The molecule has 4 saturated carbocycles. The lowest BCUT2D eigenvalue weighted by Crippen LogP contribution is -2.53. The molecule has 0 spiro atoms. The van der Waals surface area contributed by atoms with Crippen molar-refractivity contribution in [2.24, 2.45) is 46.3 Å². The first-order chi connectivity index (χ1) is 16.1. The van der Waals surface area contributed by atoms with E-state index in [1.54, 1.807) is 0 Å². The predicted molar refractivity (Wildman–Crippen MR) is 130 cm³/mol. The Hall–Kier alpha value is -1.59. The second kappa shape index (κ2) is 9.81. The zero-order valence-electron chi connectivity index (χ0n) is 21.4. The number of amides is 1. The number of rotatable bonds is 8. The van der Waals surface area contributed by atoms with E-state index in [-0.39, 0.29) is 12.3 Å². The Kier molecular flexibility index (Phi) is 7.36. The summed E-state index contributed by atoms with van der Waals surface area (Å²) in [5, 5.41) is 20.5. The highest BCUT2D eigenvalue weighted by atomic mass is 16.4. The van der Waals surface area contributed by atoms with Crippen molar-refractivity contribution in [2.45, 2.75) is 110 Å². The van der Waals surface area contributed by atoms with Crippen LogP contribution in [0, 0.1) is 46.3 Å². The van der Waals surface area contributed by atoms with Crippen LogP contribution in [-0.4, -0.2) is 34.1 Å². The molecule has 0 aliphatic heterocycles. The standard InChI is InChI=1S/C28H45NO5/c1-17(7-12-24(30)29-23(26(33)34)16-25(31)32)20-10-11-21-19-9-8-18-6-4-5-14-27(18,2)22(19)13-15-28(20,21)3/h17-23H,4-16H2,1-3H3,(H,29,30)(H,31,32)(H,33,34)/t17-,18?,19+,20-,21+,22+,23?,27+,28-/m1/s1. The Labute approximate surface area is 204 Å². The molecule has 0 heterocycles. The fraction of sp³-hybridized carbons (Fsp3) is 0.893. The van der Waals surface area contributed by atoms with Gasteiger partial charge >= 0.3 is 11.9 Å². The molecule has 2 unspecified atom stereocenters. The van der Waals surface area contributed by atoms with Crippen LogP contribution in [0.5, 0.6) is 0 Å². The molecule has 1 amide bonds. The summed E-state index contributed by atoms with van der Waals surface area (Å²) in [6, 6.07) is -1.36. The van der Waals surface area contributed by atoms with E-state index in [1.807, 2.05) is 0 Å². The van der Waals surface area contributed by atoms with Crippen LogP contribution in [0.3, 0.4) is 0 Å². The van der Waals surface area contributed by atoms with Crippen molar-refractivity contribution < 1.29 is 24.6 Å². The summed E-state index contributed by atoms with van der Waals surface area (Å²) in [5.41, 5.74) is 0.906. The Morgan fingerprint density at radius 1 is 0.912 bits per heavy atom. The lowest BCUT2D eigenvalue weighted by molar-refractivity contribution is -0.147. The molecule has 0 radical (unpaired) electrons. The van der Waals surface area contributed by atoms with Gasteiger partial charge in [0.2, 0.25) is 5.91 Å². The molecule has 192 valence electrons. The van der Waals surface area contributed by atoms with Crippen molar-refractivity contribution >= 4 is 17.8 Å². The molecule has 9 atom stereocenters. The molecule has 0 aromatic carbocycles. The Bertz CT molecular complexity index is 798. The number of fused-ring (bicyclic) bond motifs is 5. The highest BCUT2D eigenvalue weighted by molar-refractivity contribution is 5.86. The van der Waals surface area contributed by atoms with Gasteiger partial charge in [-0.1, -0.05) is 33.6 Å². The zero-order chi connectivity index (χ0) is 24.7. The van der Waals surface area contributed by atoms with E-state index >= 15 is 0 Å². The van der Waals surface area contributed by atoms with E-state index in [1.165, 1.54) is 64.2 Å². The molecule has 4 aliphatic rings. The van der Waals surface area contributed by atoms with Crippen LogP contribution in [0.25, 0.3) is 0 Å². The van der Waals surface area contributed by atoms with Gasteiger partial charge in [-0.2, -0.15) is 0 Å². The summed E-state index contributed by atoms with van der Waals surface area (Å²) >= 11 is 0. The number of aliphatic carboxylic acids is 2. The smallest absolute Gasteiger partial charge is 0.326 e. The summed E-state index contributed by atoms with van der Waals surface area (Å²) in [6.07, 6.45) is 14.2. The summed E-state index contributed by atoms with van der Waals surface area (Å²) in [4.78, 5) is 34.6. The second-order valence-corrected chi connectivity index (χ2v) is 12.7. The van der Waals surface area contributed by atoms with Gasteiger partial charge in [0, 0.05) is 6.42 Å². The molecule has 0 saturated heterocycles. The lowest BCUT2D eigenvalue weighted by atomic mass is 9.44. The van der Waals surface area contributed by atoms with E-state index < -0.39 is 24.4 Å². The zero-order valence-corrected chi connectivity index (χ0v) is 21.4. The number of nitrogens with one attached hydrogen (secondary N) is 1. The first kappa shape index (κ1) is 25.5. The van der Waals surface area contributed by atoms with Crippen LogP contribution in [0.1, 0.15) is 104 Å². The van der Waals surface area contributed by atoms with Crippen LogP contribution in [0.2, 0.25) is 0 Å². The van der Waals surface area contributed by atoms with Crippen molar-refractivity contribution in [3.8, 4) is 0 Å². The van der Waals surface area contributed by atoms with Crippen LogP contribution in [0.4, 0.5) is 0 Å². The molecular formula is C28H45NO5. The third-order valence-electron chi connectivity index (χ3n) is 11.2. The first-order valence-electron chi connectivity index (χ1n) is 13.8. The number of carbonyl (C=O) groups excluding carboxylic acids is 1.